The van der Waals surface area contributed by atoms with E-state index in [0.29, 0.717) is 12.2 Å². The standard InChI is InChI=1S/C13H19F3N2O/c1-10-3-4-12(11(7-10)8-17-2)18(5-6-19)9-13(14,15)16/h3-4,7,17,19H,5-6,8-9H2,1-2H3. The van der Waals surface area contributed by atoms with Gasteiger partial charge in [0.05, 0.1) is 6.61 Å². The third kappa shape index (κ3) is 5.08. The zero-order valence-corrected chi connectivity index (χ0v) is 11.1. The van der Waals surface area contributed by atoms with Crippen molar-refractivity contribution in [3.05, 3.63) is 29.3 Å². The number of aliphatic hydroxyl groups is 1. The highest BCUT2D eigenvalue weighted by Gasteiger charge is 2.31. The van der Waals surface area contributed by atoms with Crippen molar-refractivity contribution in [2.75, 3.05) is 31.6 Å². The monoisotopic (exact) mass is 276 g/mol. The molecule has 0 aliphatic heterocycles. The number of halogens is 3. The minimum Gasteiger partial charge on any atom is -0.395 e. The van der Waals surface area contributed by atoms with Crippen LogP contribution in [0, 0.1) is 6.92 Å². The van der Waals surface area contributed by atoms with Gasteiger partial charge in [-0.1, -0.05) is 17.7 Å². The largest absolute Gasteiger partial charge is 0.405 e. The van der Waals surface area contributed by atoms with Crippen LogP contribution in [0.1, 0.15) is 11.1 Å². The van der Waals surface area contributed by atoms with E-state index in [2.05, 4.69) is 5.32 Å². The van der Waals surface area contributed by atoms with E-state index in [1.165, 1.54) is 0 Å². The van der Waals surface area contributed by atoms with Crippen molar-refractivity contribution in [2.45, 2.75) is 19.6 Å². The fraction of sp³-hybridized carbons (Fsp3) is 0.538. The highest BCUT2D eigenvalue weighted by molar-refractivity contribution is 5.55. The fourth-order valence-corrected chi connectivity index (χ4v) is 1.98. The Morgan fingerprint density at radius 2 is 2.00 bits per heavy atom. The van der Waals surface area contributed by atoms with Crippen molar-refractivity contribution in [3.8, 4) is 0 Å². The molecule has 0 aliphatic carbocycles. The topological polar surface area (TPSA) is 35.5 Å². The molecule has 1 rings (SSSR count). The molecule has 0 heterocycles. The van der Waals surface area contributed by atoms with Crippen LogP contribution in [-0.2, 0) is 6.54 Å². The van der Waals surface area contributed by atoms with E-state index in [9.17, 15) is 13.2 Å². The first kappa shape index (κ1) is 15.8. The van der Waals surface area contributed by atoms with Gasteiger partial charge in [0.1, 0.15) is 6.54 Å². The van der Waals surface area contributed by atoms with Crippen molar-refractivity contribution < 1.29 is 18.3 Å². The molecule has 0 radical (unpaired) electrons. The Morgan fingerprint density at radius 3 is 2.53 bits per heavy atom. The summed E-state index contributed by atoms with van der Waals surface area (Å²) in [7, 11) is 1.74. The summed E-state index contributed by atoms with van der Waals surface area (Å²) in [6, 6.07) is 5.30. The second-order valence-corrected chi connectivity index (χ2v) is 4.42. The molecule has 0 fully saturated rings. The van der Waals surface area contributed by atoms with Gasteiger partial charge in [-0.2, -0.15) is 13.2 Å². The highest BCUT2D eigenvalue weighted by Crippen LogP contribution is 2.26. The smallest absolute Gasteiger partial charge is 0.395 e. The van der Waals surface area contributed by atoms with Crippen LogP contribution in [0.2, 0.25) is 0 Å². The lowest BCUT2D eigenvalue weighted by molar-refractivity contribution is -0.119. The molecular formula is C13H19F3N2O. The normalized spacial score (nSPS) is 11.7. The molecule has 0 unspecified atom stereocenters. The van der Waals surface area contributed by atoms with E-state index >= 15 is 0 Å². The maximum absolute atomic E-state index is 12.6. The SMILES string of the molecule is CNCc1cc(C)ccc1N(CCO)CC(F)(F)F. The molecule has 0 bridgehead atoms. The summed E-state index contributed by atoms with van der Waals surface area (Å²) in [5.41, 5.74) is 2.29. The van der Waals surface area contributed by atoms with Gasteiger partial charge in [-0.3, -0.25) is 0 Å². The predicted octanol–water partition coefficient (Wildman–Crippen LogP) is 2.08. The quantitative estimate of drug-likeness (QED) is 0.835. The van der Waals surface area contributed by atoms with Crippen LogP contribution in [0.25, 0.3) is 0 Å². The Bertz CT molecular complexity index is 407. The van der Waals surface area contributed by atoms with Crippen LogP contribution in [-0.4, -0.2) is 38.0 Å². The molecule has 19 heavy (non-hydrogen) atoms. The zero-order chi connectivity index (χ0) is 14.5. The molecule has 3 nitrogen and oxygen atoms in total. The van der Waals surface area contributed by atoms with E-state index in [1.807, 2.05) is 13.0 Å². The number of alkyl halides is 3. The van der Waals surface area contributed by atoms with Crippen LogP contribution >= 0.6 is 0 Å². The van der Waals surface area contributed by atoms with Gasteiger partial charge >= 0.3 is 6.18 Å². The lowest BCUT2D eigenvalue weighted by Crippen LogP contribution is -2.37. The van der Waals surface area contributed by atoms with Gasteiger partial charge in [0.15, 0.2) is 0 Å². The second kappa shape index (κ2) is 6.77. The molecule has 0 amide bonds. The average Bonchev–Trinajstić information content (AvgIpc) is 2.27. The third-order valence-electron chi connectivity index (χ3n) is 2.68. The minimum atomic E-state index is -4.29. The predicted molar refractivity (Wildman–Crippen MR) is 69.3 cm³/mol. The van der Waals surface area contributed by atoms with Crippen LogP contribution in [0.15, 0.2) is 18.2 Å². The molecule has 1 aromatic rings. The van der Waals surface area contributed by atoms with E-state index in [-0.39, 0.29) is 13.2 Å². The number of nitrogens with zero attached hydrogens (tertiary/aromatic N) is 1. The van der Waals surface area contributed by atoms with Crippen LogP contribution in [0.3, 0.4) is 0 Å². The van der Waals surface area contributed by atoms with Gasteiger partial charge in [-0.25, -0.2) is 0 Å². The van der Waals surface area contributed by atoms with Crippen molar-refractivity contribution in [1.29, 1.82) is 0 Å². The first-order valence-corrected chi connectivity index (χ1v) is 6.04. The Labute approximate surface area is 111 Å². The number of aryl methyl sites for hydroxylation is 1. The molecule has 0 saturated heterocycles. The number of nitrogens with one attached hydrogen (secondary N) is 1. The molecule has 108 valence electrons. The summed E-state index contributed by atoms with van der Waals surface area (Å²) in [4.78, 5) is 1.16. The molecule has 0 atom stereocenters. The van der Waals surface area contributed by atoms with Gasteiger partial charge in [-0.15, -0.1) is 0 Å². The molecule has 2 N–H and O–H groups in total. The highest BCUT2D eigenvalue weighted by atomic mass is 19.4. The Hall–Kier alpha value is -1.27. The summed E-state index contributed by atoms with van der Waals surface area (Å²) in [5.74, 6) is 0. The first-order chi connectivity index (χ1) is 8.87. The summed E-state index contributed by atoms with van der Waals surface area (Å²) in [5, 5.41) is 11.9. The van der Waals surface area contributed by atoms with E-state index in [0.717, 1.165) is 16.0 Å². The second-order valence-electron chi connectivity index (χ2n) is 4.42. The van der Waals surface area contributed by atoms with Crippen LogP contribution < -0.4 is 10.2 Å². The Morgan fingerprint density at radius 1 is 1.32 bits per heavy atom. The number of rotatable bonds is 6. The summed E-state index contributed by atoms with van der Waals surface area (Å²) < 4.78 is 37.7. The summed E-state index contributed by atoms with van der Waals surface area (Å²) in [6.07, 6.45) is -4.29. The molecule has 1 aromatic carbocycles. The van der Waals surface area contributed by atoms with E-state index in [1.54, 1.807) is 19.2 Å². The molecule has 0 aromatic heterocycles. The van der Waals surface area contributed by atoms with Crippen molar-refractivity contribution >= 4 is 5.69 Å². The lowest BCUT2D eigenvalue weighted by atomic mass is 10.1. The van der Waals surface area contributed by atoms with Crippen molar-refractivity contribution in [2.24, 2.45) is 0 Å². The minimum absolute atomic E-state index is 0.0424. The molecule has 0 spiro atoms. The molecule has 0 saturated carbocycles. The first-order valence-electron chi connectivity index (χ1n) is 6.04. The number of anilines is 1. The summed E-state index contributed by atoms with van der Waals surface area (Å²) >= 11 is 0. The zero-order valence-electron chi connectivity index (χ0n) is 11.1. The molecular weight excluding hydrogens is 257 g/mol. The lowest BCUT2D eigenvalue weighted by Gasteiger charge is -2.27. The molecule has 0 aliphatic rings. The van der Waals surface area contributed by atoms with Gasteiger partial charge in [0.25, 0.3) is 0 Å². The number of aliphatic hydroxyl groups excluding tert-OH is 1. The van der Waals surface area contributed by atoms with Gasteiger partial charge in [0, 0.05) is 18.8 Å². The Balaban J connectivity index is 3.06. The van der Waals surface area contributed by atoms with Crippen molar-refractivity contribution in [3.63, 3.8) is 0 Å². The number of benzene rings is 1. The van der Waals surface area contributed by atoms with E-state index in [4.69, 9.17) is 5.11 Å². The fourth-order valence-electron chi connectivity index (χ4n) is 1.98. The maximum Gasteiger partial charge on any atom is 0.405 e. The molecule has 6 heteroatoms. The van der Waals surface area contributed by atoms with Gasteiger partial charge in [0.2, 0.25) is 0 Å². The number of hydrogen-bond donors (Lipinski definition) is 2. The third-order valence-corrected chi connectivity index (χ3v) is 2.68. The van der Waals surface area contributed by atoms with Crippen LogP contribution in [0.4, 0.5) is 18.9 Å². The van der Waals surface area contributed by atoms with Crippen molar-refractivity contribution in [1.82, 2.24) is 5.32 Å². The maximum atomic E-state index is 12.6. The van der Waals surface area contributed by atoms with Gasteiger partial charge < -0.3 is 15.3 Å². The average molecular weight is 276 g/mol. The number of hydrogen-bond acceptors (Lipinski definition) is 3. The van der Waals surface area contributed by atoms with Crippen LogP contribution in [0.5, 0.6) is 0 Å². The summed E-state index contributed by atoms with van der Waals surface area (Å²) in [6.45, 7) is 0.954. The van der Waals surface area contributed by atoms with Gasteiger partial charge in [-0.05, 0) is 25.6 Å². The Kier molecular flexibility index (Phi) is 5.62. The van der Waals surface area contributed by atoms with E-state index < -0.39 is 12.7 Å².